The summed E-state index contributed by atoms with van der Waals surface area (Å²) in [7, 11) is 0. The van der Waals surface area contributed by atoms with Crippen LogP contribution in [0.25, 0.3) is 11.8 Å². The molecule has 2 aromatic carbocycles. The lowest BCUT2D eigenvalue weighted by Crippen LogP contribution is -2.23. The summed E-state index contributed by atoms with van der Waals surface area (Å²) in [4.78, 5) is 18.9. The minimum Gasteiger partial charge on any atom is -0.302 e. The maximum atomic E-state index is 12.8. The van der Waals surface area contributed by atoms with Crippen LogP contribution in [0.15, 0.2) is 79.0 Å². The molecule has 1 aromatic heterocycles. The highest BCUT2D eigenvalue weighted by Gasteiger charge is 2.33. The molecule has 3 aromatic rings. The lowest BCUT2D eigenvalue weighted by molar-refractivity contribution is 0.0839. The van der Waals surface area contributed by atoms with Crippen molar-refractivity contribution in [3.8, 4) is 0 Å². The number of rotatable bonds is 3. The highest BCUT2D eigenvalue weighted by Crippen LogP contribution is 2.34. The van der Waals surface area contributed by atoms with Gasteiger partial charge in [-0.1, -0.05) is 60.7 Å². The first-order valence-electron chi connectivity index (χ1n) is 7.91. The van der Waals surface area contributed by atoms with Gasteiger partial charge in [0.1, 0.15) is 5.69 Å². The van der Waals surface area contributed by atoms with Gasteiger partial charge in [-0.3, -0.25) is 9.78 Å². The number of carbonyl (C=O) groups is 1. The number of aromatic nitrogens is 1. The minimum atomic E-state index is -0.0448. The zero-order valence-corrected chi connectivity index (χ0v) is 13.1. The van der Waals surface area contributed by atoms with Crippen LogP contribution in [-0.2, 0) is 6.54 Å². The number of fused-ring (bicyclic) bond motifs is 1. The molecule has 0 fully saturated rings. The molecule has 1 aliphatic heterocycles. The molecule has 116 valence electrons. The molecular weight excluding hydrogens is 296 g/mol. The van der Waals surface area contributed by atoms with E-state index in [1.807, 2.05) is 78.9 Å². The van der Waals surface area contributed by atoms with E-state index < -0.39 is 0 Å². The van der Waals surface area contributed by atoms with Gasteiger partial charge < -0.3 is 4.90 Å². The number of hydrogen-bond donors (Lipinski definition) is 0. The Labute approximate surface area is 140 Å². The molecule has 0 saturated heterocycles. The fraction of sp³-hybridized carbons (Fsp3) is 0.0476. The molecular formula is C21H16N2O. The van der Waals surface area contributed by atoms with Crippen molar-refractivity contribution in [1.29, 1.82) is 0 Å². The molecule has 24 heavy (non-hydrogen) atoms. The van der Waals surface area contributed by atoms with E-state index in [4.69, 9.17) is 0 Å². The number of benzene rings is 2. The number of amides is 1. The number of nitrogens with zero attached hydrogens (tertiary/aromatic N) is 2. The first kappa shape index (κ1) is 14.4. The Morgan fingerprint density at radius 1 is 0.875 bits per heavy atom. The third-order valence-electron chi connectivity index (χ3n) is 4.11. The van der Waals surface area contributed by atoms with Crippen molar-refractivity contribution in [3.05, 3.63) is 101 Å². The van der Waals surface area contributed by atoms with Crippen molar-refractivity contribution < 1.29 is 4.79 Å². The van der Waals surface area contributed by atoms with Gasteiger partial charge in [-0.05, 0) is 29.3 Å². The van der Waals surface area contributed by atoms with Crippen molar-refractivity contribution in [3.63, 3.8) is 0 Å². The molecule has 0 N–H and O–H groups in total. The predicted octanol–water partition coefficient (Wildman–Crippen LogP) is 4.24. The fourth-order valence-corrected chi connectivity index (χ4v) is 2.95. The van der Waals surface area contributed by atoms with Crippen molar-refractivity contribution in [1.82, 2.24) is 9.88 Å². The van der Waals surface area contributed by atoms with Gasteiger partial charge in [-0.25, -0.2) is 0 Å². The second-order valence-corrected chi connectivity index (χ2v) is 5.72. The molecule has 0 bridgehead atoms. The SMILES string of the molecule is O=C1c2ncccc2/C(=C/c2ccccc2)N1Cc1ccccc1. The lowest BCUT2D eigenvalue weighted by Gasteiger charge is -2.18. The van der Waals surface area contributed by atoms with E-state index >= 15 is 0 Å². The van der Waals surface area contributed by atoms with Crippen molar-refractivity contribution in [2.75, 3.05) is 0 Å². The summed E-state index contributed by atoms with van der Waals surface area (Å²) in [5, 5.41) is 0. The molecule has 1 amide bonds. The summed E-state index contributed by atoms with van der Waals surface area (Å²) in [6.45, 7) is 0.536. The second-order valence-electron chi connectivity index (χ2n) is 5.72. The molecule has 3 nitrogen and oxygen atoms in total. The summed E-state index contributed by atoms with van der Waals surface area (Å²) in [5.74, 6) is -0.0448. The van der Waals surface area contributed by atoms with Crippen LogP contribution in [0.3, 0.4) is 0 Å². The average molecular weight is 312 g/mol. The normalized spacial score (nSPS) is 14.9. The van der Waals surface area contributed by atoms with Crippen LogP contribution in [0.2, 0.25) is 0 Å². The van der Waals surface area contributed by atoms with E-state index in [0.29, 0.717) is 12.2 Å². The van der Waals surface area contributed by atoms with Crippen LogP contribution >= 0.6 is 0 Å². The van der Waals surface area contributed by atoms with Gasteiger partial charge in [0, 0.05) is 11.8 Å². The summed E-state index contributed by atoms with van der Waals surface area (Å²) in [5.41, 5.74) is 4.48. The van der Waals surface area contributed by atoms with E-state index in [1.165, 1.54) is 0 Å². The van der Waals surface area contributed by atoms with Gasteiger partial charge in [0.15, 0.2) is 0 Å². The largest absolute Gasteiger partial charge is 0.302 e. The topological polar surface area (TPSA) is 33.2 Å². The highest BCUT2D eigenvalue weighted by molar-refractivity contribution is 6.10. The summed E-state index contributed by atoms with van der Waals surface area (Å²) in [6.07, 6.45) is 3.72. The van der Waals surface area contributed by atoms with E-state index in [1.54, 1.807) is 11.1 Å². The number of carbonyl (C=O) groups excluding carboxylic acids is 1. The maximum absolute atomic E-state index is 12.8. The van der Waals surface area contributed by atoms with Gasteiger partial charge in [0.2, 0.25) is 0 Å². The van der Waals surface area contributed by atoms with Gasteiger partial charge in [-0.2, -0.15) is 0 Å². The van der Waals surface area contributed by atoms with Crippen molar-refractivity contribution in [2.45, 2.75) is 6.54 Å². The predicted molar refractivity (Wildman–Crippen MR) is 94.9 cm³/mol. The van der Waals surface area contributed by atoms with E-state index in [9.17, 15) is 4.79 Å². The molecule has 0 saturated carbocycles. The van der Waals surface area contributed by atoms with Crippen LogP contribution in [-0.4, -0.2) is 15.8 Å². The van der Waals surface area contributed by atoms with Gasteiger partial charge >= 0.3 is 0 Å². The highest BCUT2D eigenvalue weighted by atomic mass is 16.2. The molecule has 0 aliphatic carbocycles. The molecule has 0 atom stereocenters. The third kappa shape index (κ3) is 2.61. The smallest absolute Gasteiger partial charge is 0.277 e. The Kier molecular flexibility index (Phi) is 3.67. The molecule has 0 spiro atoms. The molecule has 0 unspecified atom stereocenters. The van der Waals surface area contributed by atoms with E-state index in [2.05, 4.69) is 4.98 Å². The third-order valence-corrected chi connectivity index (χ3v) is 4.11. The zero-order chi connectivity index (χ0) is 16.4. The van der Waals surface area contributed by atoms with Crippen LogP contribution < -0.4 is 0 Å². The average Bonchev–Trinajstić information content (AvgIpc) is 2.90. The standard InChI is InChI=1S/C21H16N2O/c24-21-20-18(12-7-13-22-20)19(14-16-8-3-1-4-9-16)23(21)15-17-10-5-2-6-11-17/h1-14H,15H2/b19-14-. The Bertz CT molecular complexity index is 901. The summed E-state index contributed by atoms with van der Waals surface area (Å²) >= 11 is 0. The fourth-order valence-electron chi connectivity index (χ4n) is 2.95. The van der Waals surface area contributed by atoms with Crippen LogP contribution in [0.1, 0.15) is 27.2 Å². The lowest BCUT2D eigenvalue weighted by atomic mass is 10.1. The molecule has 2 heterocycles. The number of hydrogen-bond acceptors (Lipinski definition) is 2. The Morgan fingerprint density at radius 2 is 1.58 bits per heavy atom. The Balaban J connectivity index is 1.79. The molecule has 0 radical (unpaired) electrons. The van der Waals surface area contributed by atoms with E-state index in [-0.39, 0.29) is 5.91 Å². The van der Waals surface area contributed by atoms with Crippen LogP contribution in [0.4, 0.5) is 0 Å². The van der Waals surface area contributed by atoms with Crippen molar-refractivity contribution in [2.24, 2.45) is 0 Å². The summed E-state index contributed by atoms with van der Waals surface area (Å²) in [6, 6.07) is 23.9. The monoisotopic (exact) mass is 312 g/mol. The summed E-state index contributed by atoms with van der Waals surface area (Å²) < 4.78 is 0. The molecule has 4 rings (SSSR count). The Morgan fingerprint density at radius 3 is 2.33 bits per heavy atom. The van der Waals surface area contributed by atoms with E-state index in [0.717, 1.165) is 22.4 Å². The molecule has 3 heteroatoms. The van der Waals surface area contributed by atoms with Gasteiger partial charge in [0.25, 0.3) is 5.91 Å². The number of pyridine rings is 1. The van der Waals surface area contributed by atoms with Gasteiger partial charge in [-0.15, -0.1) is 0 Å². The Hall–Kier alpha value is -3.20. The maximum Gasteiger partial charge on any atom is 0.277 e. The second kappa shape index (κ2) is 6.13. The van der Waals surface area contributed by atoms with Crippen LogP contribution in [0, 0.1) is 0 Å². The zero-order valence-electron chi connectivity index (χ0n) is 13.1. The molecule has 1 aliphatic rings. The van der Waals surface area contributed by atoms with Crippen LogP contribution in [0.5, 0.6) is 0 Å². The van der Waals surface area contributed by atoms with Crippen molar-refractivity contribution >= 4 is 17.7 Å². The first-order chi connectivity index (χ1) is 11.8. The first-order valence-corrected chi connectivity index (χ1v) is 7.91. The van der Waals surface area contributed by atoms with Gasteiger partial charge in [0.05, 0.1) is 12.2 Å². The minimum absolute atomic E-state index is 0.0448. The quantitative estimate of drug-likeness (QED) is 0.725.